The van der Waals surface area contributed by atoms with Crippen molar-refractivity contribution in [3.05, 3.63) is 29.8 Å². The number of aliphatic carboxylic acids is 1. The van der Waals surface area contributed by atoms with Crippen LogP contribution in [0.2, 0.25) is 0 Å². The average Bonchev–Trinajstić information content (AvgIpc) is 2.98. The highest BCUT2D eigenvalue weighted by Gasteiger charge is 2.23. The van der Waals surface area contributed by atoms with E-state index in [1.807, 2.05) is 0 Å². The summed E-state index contributed by atoms with van der Waals surface area (Å²) in [7, 11) is 0. The van der Waals surface area contributed by atoms with Crippen LogP contribution in [0.4, 0.5) is 0 Å². The Hall–Kier alpha value is -2.77. The fraction of sp³-hybridized carbons (Fsp3) is 0.308. The van der Waals surface area contributed by atoms with Crippen molar-refractivity contribution in [2.45, 2.75) is 19.9 Å². The van der Waals surface area contributed by atoms with Crippen LogP contribution in [-0.4, -0.2) is 43.6 Å². The van der Waals surface area contributed by atoms with Gasteiger partial charge < -0.3 is 10.4 Å². The van der Waals surface area contributed by atoms with Gasteiger partial charge in [0.25, 0.3) is 5.91 Å². The summed E-state index contributed by atoms with van der Waals surface area (Å²) in [5.74, 6) is -1.27. The molecule has 0 radical (unpaired) electrons. The second kappa shape index (κ2) is 6.12. The minimum atomic E-state index is -1.05. The van der Waals surface area contributed by atoms with Crippen LogP contribution in [0, 0.1) is 5.92 Å². The number of nitrogens with zero attached hydrogens (tertiary/aromatic N) is 3. The molecule has 0 unspecified atom stereocenters. The van der Waals surface area contributed by atoms with E-state index in [0.717, 1.165) is 0 Å². The van der Waals surface area contributed by atoms with E-state index in [0.29, 0.717) is 17.0 Å². The Kier molecular flexibility index (Phi) is 4.27. The normalized spacial score (nSPS) is 12.1. The molecule has 8 nitrogen and oxygen atoms in total. The molecule has 0 aliphatic heterocycles. The second-order valence-electron chi connectivity index (χ2n) is 4.85. The third-order valence-corrected chi connectivity index (χ3v) is 2.97. The number of carbonyl (C=O) groups excluding carboxylic acids is 1. The maximum atomic E-state index is 12.0. The van der Waals surface area contributed by atoms with Crippen molar-refractivity contribution in [3.63, 3.8) is 0 Å². The van der Waals surface area contributed by atoms with Crippen LogP contribution >= 0.6 is 0 Å². The van der Waals surface area contributed by atoms with Crippen LogP contribution in [0.1, 0.15) is 24.2 Å². The lowest BCUT2D eigenvalue weighted by Gasteiger charge is -2.17. The molecule has 21 heavy (non-hydrogen) atoms. The van der Waals surface area contributed by atoms with Crippen molar-refractivity contribution < 1.29 is 14.7 Å². The SMILES string of the molecule is CC(C)[C@@H](NC(=O)c1ccc(-c2nn[nH]n2)cc1)C(=O)O. The molecule has 0 aliphatic rings. The van der Waals surface area contributed by atoms with Gasteiger partial charge in [0, 0.05) is 11.1 Å². The van der Waals surface area contributed by atoms with Gasteiger partial charge in [-0.3, -0.25) is 4.79 Å². The van der Waals surface area contributed by atoms with Gasteiger partial charge in [-0.2, -0.15) is 5.21 Å². The third kappa shape index (κ3) is 3.41. The van der Waals surface area contributed by atoms with Crippen LogP contribution in [0.3, 0.4) is 0 Å². The number of rotatable bonds is 5. The number of carbonyl (C=O) groups is 2. The minimum absolute atomic E-state index is 0.204. The Balaban J connectivity index is 2.11. The van der Waals surface area contributed by atoms with Crippen molar-refractivity contribution in [1.29, 1.82) is 0 Å². The predicted molar refractivity (Wildman–Crippen MR) is 73.3 cm³/mol. The number of hydrogen-bond acceptors (Lipinski definition) is 5. The first-order chi connectivity index (χ1) is 9.99. The standard InChI is InChI=1S/C13H15N5O3/c1-7(2)10(13(20)21)14-12(19)9-5-3-8(4-6-9)11-15-17-18-16-11/h3-7,10H,1-2H3,(H,14,19)(H,20,21)(H,15,16,17,18)/t10-/m1/s1. The highest BCUT2D eigenvalue weighted by Crippen LogP contribution is 2.14. The summed E-state index contributed by atoms with van der Waals surface area (Å²) in [6.45, 7) is 3.47. The van der Waals surface area contributed by atoms with Crippen LogP contribution < -0.4 is 5.32 Å². The number of amides is 1. The molecule has 1 atom stereocenters. The molecule has 0 fully saturated rings. The molecule has 1 aromatic carbocycles. The van der Waals surface area contributed by atoms with Gasteiger partial charge in [-0.15, -0.1) is 10.2 Å². The van der Waals surface area contributed by atoms with Gasteiger partial charge in [0.2, 0.25) is 5.82 Å². The monoisotopic (exact) mass is 289 g/mol. The molecule has 0 saturated carbocycles. The number of carboxylic acid groups (broad SMARTS) is 1. The molecule has 0 saturated heterocycles. The van der Waals surface area contributed by atoms with Crippen molar-refractivity contribution in [2.75, 3.05) is 0 Å². The summed E-state index contributed by atoms with van der Waals surface area (Å²) in [4.78, 5) is 23.1. The van der Waals surface area contributed by atoms with Gasteiger partial charge in [-0.05, 0) is 23.3 Å². The molecule has 2 aromatic rings. The van der Waals surface area contributed by atoms with Crippen molar-refractivity contribution in [3.8, 4) is 11.4 Å². The first-order valence-corrected chi connectivity index (χ1v) is 6.36. The molecular weight excluding hydrogens is 274 g/mol. The molecule has 0 aliphatic carbocycles. The van der Waals surface area contributed by atoms with Crippen molar-refractivity contribution in [2.24, 2.45) is 5.92 Å². The molecule has 110 valence electrons. The number of aromatic amines is 1. The van der Waals surface area contributed by atoms with Gasteiger partial charge in [-0.25, -0.2) is 4.79 Å². The fourth-order valence-corrected chi connectivity index (χ4v) is 1.79. The van der Waals surface area contributed by atoms with Gasteiger partial charge in [0.05, 0.1) is 0 Å². The number of nitrogens with one attached hydrogen (secondary N) is 2. The van der Waals surface area contributed by atoms with E-state index < -0.39 is 17.9 Å². The molecule has 8 heteroatoms. The van der Waals surface area contributed by atoms with Crippen molar-refractivity contribution >= 4 is 11.9 Å². The van der Waals surface area contributed by atoms with Crippen LogP contribution in [0.25, 0.3) is 11.4 Å². The third-order valence-electron chi connectivity index (χ3n) is 2.97. The van der Waals surface area contributed by atoms with Crippen LogP contribution in [0.5, 0.6) is 0 Å². The molecule has 2 rings (SSSR count). The molecule has 1 amide bonds. The smallest absolute Gasteiger partial charge is 0.326 e. The van der Waals surface area contributed by atoms with E-state index in [2.05, 4.69) is 25.9 Å². The molecule has 1 heterocycles. The quantitative estimate of drug-likeness (QED) is 0.745. The Morgan fingerprint density at radius 1 is 1.24 bits per heavy atom. The molecule has 1 aromatic heterocycles. The highest BCUT2D eigenvalue weighted by molar-refractivity contribution is 5.96. The number of H-pyrrole nitrogens is 1. The van der Waals surface area contributed by atoms with E-state index >= 15 is 0 Å². The number of benzene rings is 1. The van der Waals surface area contributed by atoms with Crippen molar-refractivity contribution in [1.82, 2.24) is 25.9 Å². The highest BCUT2D eigenvalue weighted by atomic mass is 16.4. The van der Waals surface area contributed by atoms with E-state index in [4.69, 9.17) is 5.11 Å². The molecular formula is C13H15N5O3. The average molecular weight is 289 g/mol. The topological polar surface area (TPSA) is 121 Å². The summed E-state index contributed by atoms with van der Waals surface area (Å²) < 4.78 is 0. The zero-order chi connectivity index (χ0) is 15.4. The molecule has 0 spiro atoms. The summed E-state index contributed by atoms with van der Waals surface area (Å²) >= 11 is 0. The maximum Gasteiger partial charge on any atom is 0.326 e. The number of aromatic nitrogens is 4. The van der Waals surface area contributed by atoms with E-state index in [1.54, 1.807) is 38.1 Å². The largest absolute Gasteiger partial charge is 0.480 e. The Bertz CT molecular complexity index is 622. The summed E-state index contributed by atoms with van der Waals surface area (Å²) in [6.07, 6.45) is 0. The Labute approximate surface area is 120 Å². The molecule has 3 N–H and O–H groups in total. The Morgan fingerprint density at radius 2 is 1.90 bits per heavy atom. The zero-order valence-electron chi connectivity index (χ0n) is 11.6. The lowest BCUT2D eigenvalue weighted by Crippen LogP contribution is -2.44. The first-order valence-electron chi connectivity index (χ1n) is 6.36. The Morgan fingerprint density at radius 3 is 2.38 bits per heavy atom. The minimum Gasteiger partial charge on any atom is -0.480 e. The fourth-order valence-electron chi connectivity index (χ4n) is 1.79. The lowest BCUT2D eigenvalue weighted by atomic mass is 10.0. The molecule has 0 bridgehead atoms. The van der Waals surface area contributed by atoms with Gasteiger partial charge in [0.1, 0.15) is 6.04 Å². The maximum absolute atomic E-state index is 12.0. The number of carboxylic acids is 1. The second-order valence-corrected chi connectivity index (χ2v) is 4.85. The first kappa shape index (κ1) is 14.6. The summed E-state index contributed by atoms with van der Waals surface area (Å²) in [5.41, 5.74) is 1.08. The van der Waals surface area contributed by atoms with Crippen LogP contribution in [0.15, 0.2) is 24.3 Å². The van der Waals surface area contributed by atoms with E-state index in [9.17, 15) is 9.59 Å². The van der Waals surface area contributed by atoms with Gasteiger partial charge in [-0.1, -0.05) is 26.0 Å². The number of hydrogen-bond donors (Lipinski definition) is 3. The van der Waals surface area contributed by atoms with Gasteiger partial charge >= 0.3 is 5.97 Å². The number of tetrazole rings is 1. The van der Waals surface area contributed by atoms with E-state index in [-0.39, 0.29) is 5.92 Å². The predicted octanol–water partition coefficient (Wildman–Crippen LogP) is 0.706. The van der Waals surface area contributed by atoms with Gasteiger partial charge in [0.15, 0.2) is 0 Å². The zero-order valence-corrected chi connectivity index (χ0v) is 11.6. The van der Waals surface area contributed by atoms with E-state index in [1.165, 1.54) is 0 Å². The summed E-state index contributed by atoms with van der Waals surface area (Å²) in [5, 5.41) is 25.0. The van der Waals surface area contributed by atoms with Crippen LogP contribution in [-0.2, 0) is 4.79 Å². The lowest BCUT2D eigenvalue weighted by molar-refractivity contribution is -0.140. The summed E-state index contributed by atoms with van der Waals surface area (Å²) in [6, 6.07) is 5.59.